The Kier molecular flexibility index (Phi) is 2.28. The van der Waals surface area contributed by atoms with Crippen molar-refractivity contribution < 1.29 is 0 Å². The predicted octanol–water partition coefficient (Wildman–Crippen LogP) is 4.29. The number of benzene rings is 1. The first-order valence-electron chi connectivity index (χ1n) is 6.06. The molecule has 0 fully saturated rings. The van der Waals surface area contributed by atoms with Crippen molar-refractivity contribution in [1.29, 1.82) is 0 Å². The van der Waals surface area contributed by atoms with E-state index in [0.717, 1.165) is 19.3 Å². The van der Waals surface area contributed by atoms with Gasteiger partial charge in [0.15, 0.2) is 0 Å². The van der Waals surface area contributed by atoms with Crippen LogP contribution in [0.2, 0.25) is 0 Å². The second kappa shape index (κ2) is 3.79. The van der Waals surface area contributed by atoms with E-state index in [0.29, 0.717) is 0 Å². The first kappa shape index (κ1) is 9.65. The van der Waals surface area contributed by atoms with Crippen LogP contribution in [0.25, 0.3) is 5.57 Å². The smallest absolute Gasteiger partial charge is 0.00139 e. The fourth-order valence-electron chi connectivity index (χ4n) is 2.81. The molecule has 0 radical (unpaired) electrons. The predicted molar refractivity (Wildman–Crippen MR) is 69.2 cm³/mol. The van der Waals surface area contributed by atoms with Crippen molar-refractivity contribution in [2.75, 3.05) is 0 Å². The number of hydrogen-bond donors (Lipinski definition) is 0. The zero-order valence-electron chi connectivity index (χ0n) is 9.66. The van der Waals surface area contributed by atoms with Crippen molar-refractivity contribution in [3.8, 4) is 0 Å². The highest BCUT2D eigenvalue weighted by atomic mass is 14.3. The van der Waals surface area contributed by atoms with E-state index >= 15 is 0 Å². The van der Waals surface area contributed by atoms with E-state index in [-0.39, 0.29) is 0 Å². The van der Waals surface area contributed by atoms with Crippen molar-refractivity contribution >= 4 is 5.57 Å². The molecule has 0 unspecified atom stereocenters. The largest absolute Gasteiger partial charge is 0.0801 e. The molecule has 0 nitrogen and oxygen atoms in total. The second-order valence-corrected chi connectivity index (χ2v) is 4.47. The maximum atomic E-state index is 2.27. The average molecular weight is 208 g/mol. The van der Waals surface area contributed by atoms with Crippen LogP contribution in [0.5, 0.6) is 0 Å². The van der Waals surface area contributed by atoms with Gasteiger partial charge in [-0.05, 0) is 47.1 Å². The molecule has 0 aliphatic heterocycles. The zero-order chi connectivity index (χ0) is 11.0. The molecule has 0 saturated heterocycles. The first-order chi connectivity index (χ1) is 7.90. The summed E-state index contributed by atoms with van der Waals surface area (Å²) >= 11 is 0. The Morgan fingerprint density at radius 1 is 1.19 bits per heavy atom. The summed E-state index contributed by atoms with van der Waals surface area (Å²) in [6, 6.07) is 8.83. The summed E-state index contributed by atoms with van der Waals surface area (Å²) in [5.74, 6) is 0. The van der Waals surface area contributed by atoms with Gasteiger partial charge in [-0.1, -0.05) is 49.4 Å². The minimum atomic E-state index is 1.12. The summed E-state index contributed by atoms with van der Waals surface area (Å²) < 4.78 is 0. The molecule has 0 atom stereocenters. The summed E-state index contributed by atoms with van der Waals surface area (Å²) in [4.78, 5) is 0. The van der Waals surface area contributed by atoms with Crippen molar-refractivity contribution in [2.24, 2.45) is 0 Å². The molecular formula is C16H16. The molecule has 0 heteroatoms. The Hall–Kier alpha value is -1.56. The minimum absolute atomic E-state index is 1.12. The van der Waals surface area contributed by atoms with Crippen LogP contribution in [0.15, 0.2) is 53.6 Å². The quantitative estimate of drug-likeness (QED) is 0.680. The van der Waals surface area contributed by atoms with E-state index < -0.39 is 0 Å². The second-order valence-electron chi connectivity index (χ2n) is 4.47. The molecule has 0 saturated carbocycles. The SMILES string of the molecule is CCC1=C(C2=CC=CC2)Cc2ccccc21. The van der Waals surface area contributed by atoms with Crippen molar-refractivity contribution in [2.45, 2.75) is 26.2 Å². The fourth-order valence-corrected chi connectivity index (χ4v) is 2.81. The fraction of sp³-hybridized carbons (Fsp3) is 0.250. The van der Waals surface area contributed by atoms with Crippen LogP contribution in [0.4, 0.5) is 0 Å². The third-order valence-electron chi connectivity index (χ3n) is 3.59. The van der Waals surface area contributed by atoms with Crippen LogP contribution in [0.1, 0.15) is 30.9 Å². The topological polar surface area (TPSA) is 0 Å². The minimum Gasteiger partial charge on any atom is -0.0801 e. The van der Waals surface area contributed by atoms with E-state index in [9.17, 15) is 0 Å². The highest BCUT2D eigenvalue weighted by molar-refractivity contribution is 5.80. The van der Waals surface area contributed by atoms with Crippen LogP contribution in [0.3, 0.4) is 0 Å². The Bertz CT molecular complexity index is 513. The van der Waals surface area contributed by atoms with E-state index in [1.807, 2.05) is 0 Å². The van der Waals surface area contributed by atoms with E-state index in [1.54, 1.807) is 11.1 Å². The van der Waals surface area contributed by atoms with Gasteiger partial charge in [-0.15, -0.1) is 0 Å². The van der Waals surface area contributed by atoms with Gasteiger partial charge in [0.1, 0.15) is 0 Å². The van der Waals surface area contributed by atoms with Gasteiger partial charge in [0.05, 0.1) is 0 Å². The summed E-state index contributed by atoms with van der Waals surface area (Å²) in [5.41, 5.74) is 7.64. The van der Waals surface area contributed by atoms with Crippen LogP contribution in [0, 0.1) is 0 Å². The molecule has 2 aliphatic rings. The molecule has 3 rings (SSSR count). The molecule has 0 amide bonds. The van der Waals surface area contributed by atoms with Crippen LogP contribution >= 0.6 is 0 Å². The van der Waals surface area contributed by atoms with Crippen LogP contribution in [-0.4, -0.2) is 0 Å². The number of allylic oxidation sites excluding steroid dienone is 6. The normalized spacial score (nSPS) is 17.9. The van der Waals surface area contributed by atoms with Gasteiger partial charge in [-0.2, -0.15) is 0 Å². The van der Waals surface area contributed by atoms with Gasteiger partial charge in [-0.3, -0.25) is 0 Å². The van der Waals surface area contributed by atoms with Crippen molar-refractivity contribution in [1.82, 2.24) is 0 Å². The molecule has 16 heavy (non-hydrogen) atoms. The Morgan fingerprint density at radius 2 is 2.06 bits per heavy atom. The number of hydrogen-bond acceptors (Lipinski definition) is 0. The molecule has 0 aromatic heterocycles. The standard InChI is InChI=1S/C16H16/c1-2-14-15-10-6-5-9-13(15)11-16(14)12-7-3-4-8-12/h3-7,9-10H,2,8,11H2,1H3. The maximum absolute atomic E-state index is 2.27. The van der Waals surface area contributed by atoms with Crippen LogP contribution in [-0.2, 0) is 6.42 Å². The molecule has 0 N–H and O–H groups in total. The molecule has 0 bridgehead atoms. The molecule has 2 aliphatic carbocycles. The zero-order valence-corrected chi connectivity index (χ0v) is 9.66. The summed E-state index contributed by atoms with van der Waals surface area (Å²) in [6.07, 6.45) is 10.1. The first-order valence-corrected chi connectivity index (χ1v) is 6.06. The maximum Gasteiger partial charge on any atom is -0.00139 e. The monoisotopic (exact) mass is 208 g/mol. The molecule has 1 aromatic carbocycles. The third kappa shape index (κ3) is 1.37. The Labute approximate surface area is 97.0 Å². The molecular weight excluding hydrogens is 192 g/mol. The lowest BCUT2D eigenvalue weighted by molar-refractivity contribution is 1.14. The van der Waals surface area contributed by atoms with Crippen LogP contribution < -0.4 is 0 Å². The average Bonchev–Trinajstić information content (AvgIpc) is 2.95. The van der Waals surface area contributed by atoms with Crippen molar-refractivity contribution in [3.05, 3.63) is 64.8 Å². The Morgan fingerprint density at radius 3 is 2.81 bits per heavy atom. The van der Waals surface area contributed by atoms with Gasteiger partial charge in [0, 0.05) is 0 Å². The molecule has 0 heterocycles. The van der Waals surface area contributed by atoms with Gasteiger partial charge >= 0.3 is 0 Å². The Balaban J connectivity index is 2.07. The number of rotatable bonds is 2. The highest BCUT2D eigenvalue weighted by Crippen LogP contribution is 2.39. The summed E-state index contributed by atoms with van der Waals surface area (Å²) in [5, 5.41) is 0. The summed E-state index contributed by atoms with van der Waals surface area (Å²) in [7, 11) is 0. The highest BCUT2D eigenvalue weighted by Gasteiger charge is 2.21. The number of fused-ring (bicyclic) bond motifs is 1. The molecule has 1 aromatic rings. The van der Waals surface area contributed by atoms with Gasteiger partial charge in [-0.25, -0.2) is 0 Å². The van der Waals surface area contributed by atoms with Crippen molar-refractivity contribution in [3.63, 3.8) is 0 Å². The lowest BCUT2D eigenvalue weighted by Crippen LogP contribution is -1.89. The molecule has 0 spiro atoms. The van der Waals surface area contributed by atoms with Gasteiger partial charge < -0.3 is 0 Å². The van der Waals surface area contributed by atoms with Gasteiger partial charge in [0.2, 0.25) is 0 Å². The van der Waals surface area contributed by atoms with E-state index in [1.165, 1.54) is 16.7 Å². The van der Waals surface area contributed by atoms with Gasteiger partial charge in [0.25, 0.3) is 0 Å². The lowest BCUT2D eigenvalue weighted by Gasteiger charge is -2.07. The van der Waals surface area contributed by atoms with E-state index in [4.69, 9.17) is 0 Å². The summed E-state index contributed by atoms with van der Waals surface area (Å²) in [6.45, 7) is 2.26. The third-order valence-corrected chi connectivity index (χ3v) is 3.59. The molecule has 80 valence electrons. The lowest BCUT2D eigenvalue weighted by atomic mass is 9.98. The van der Waals surface area contributed by atoms with E-state index in [2.05, 4.69) is 49.4 Å².